The van der Waals surface area contributed by atoms with Crippen molar-refractivity contribution in [1.82, 2.24) is 20.2 Å². The SMILES string of the molecule is Cc1ccc2c(-c3ccc(Cl)c4[nH]ncc34)c(N)c(=O)[nH]c2n1. The standard InChI is InChI=1S/C16H12ClN5O/c1-7-2-3-9-12(13(18)16(23)21-15(9)20-7)8-4-5-11(17)14-10(8)6-19-22-14/h2-6H,18H2,1H3,(H,19,22)(H,20,21,23). The van der Waals surface area contributed by atoms with Crippen LogP contribution in [0.2, 0.25) is 5.02 Å². The molecule has 3 heterocycles. The number of aromatic nitrogens is 4. The summed E-state index contributed by atoms with van der Waals surface area (Å²) in [5.74, 6) is 0. The lowest BCUT2D eigenvalue weighted by atomic mass is 9.98. The van der Waals surface area contributed by atoms with E-state index in [0.717, 1.165) is 22.0 Å². The van der Waals surface area contributed by atoms with Gasteiger partial charge < -0.3 is 10.7 Å². The Balaban J connectivity index is 2.20. The number of hydrogen-bond donors (Lipinski definition) is 3. The predicted molar refractivity (Wildman–Crippen MR) is 91.6 cm³/mol. The lowest BCUT2D eigenvalue weighted by Gasteiger charge is -2.11. The minimum Gasteiger partial charge on any atom is -0.394 e. The number of anilines is 1. The van der Waals surface area contributed by atoms with Crippen molar-refractivity contribution in [3.05, 3.63) is 51.5 Å². The summed E-state index contributed by atoms with van der Waals surface area (Å²) in [6.45, 7) is 1.87. The lowest BCUT2D eigenvalue weighted by molar-refractivity contribution is 1.12. The number of nitrogen functional groups attached to an aromatic ring is 1. The Labute approximate surface area is 135 Å². The summed E-state index contributed by atoms with van der Waals surface area (Å²) in [5, 5.41) is 9.04. The molecule has 0 atom stereocenters. The summed E-state index contributed by atoms with van der Waals surface area (Å²) in [6, 6.07) is 7.38. The number of nitrogens with one attached hydrogen (secondary N) is 2. The molecule has 0 saturated carbocycles. The molecule has 23 heavy (non-hydrogen) atoms. The van der Waals surface area contributed by atoms with E-state index in [1.807, 2.05) is 25.1 Å². The van der Waals surface area contributed by atoms with E-state index in [1.165, 1.54) is 0 Å². The van der Waals surface area contributed by atoms with Crippen LogP contribution < -0.4 is 11.3 Å². The second-order valence-corrected chi connectivity index (χ2v) is 5.75. The number of benzene rings is 1. The van der Waals surface area contributed by atoms with Crippen molar-refractivity contribution in [2.75, 3.05) is 5.73 Å². The van der Waals surface area contributed by atoms with Crippen LogP contribution in [0, 0.1) is 6.92 Å². The lowest BCUT2D eigenvalue weighted by Crippen LogP contribution is -2.14. The minimum atomic E-state index is -0.364. The Kier molecular flexibility index (Phi) is 2.89. The van der Waals surface area contributed by atoms with Gasteiger partial charge in [0.2, 0.25) is 0 Å². The second-order valence-electron chi connectivity index (χ2n) is 5.35. The Morgan fingerprint density at radius 2 is 2.00 bits per heavy atom. The maximum Gasteiger partial charge on any atom is 0.273 e. The van der Waals surface area contributed by atoms with E-state index < -0.39 is 0 Å². The number of nitrogens with two attached hydrogens (primary N) is 1. The maximum absolute atomic E-state index is 12.2. The van der Waals surface area contributed by atoms with E-state index in [2.05, 4.69) is 20.2 Å². The number of rotatable bonds is 1. The number of hydrogen-bond acceptors (Lipinski definition) is 4. The van der Waals surface area contributed by atoms with Crippen molar-refractivity contribution < 1.29 is 0 Å². The first-order valence-electron chi connectivity index (χ1n) is 6.97. The molecule has 0 saturated heterocycles. The van der Waals surface area contributed by atoms with Gasteiger partial charge in [-0.1, -0.05) is 17.7 Å². The highest BCUT2D eigenvalue weighted by molar-refractivity contribution is 6.35. The van der Waals surface area contributed by atoms with Gasteiger partial charge >= 0.3 is 0 Å². The van der Waals surface area contributed by atoms with Crippen LogP contribution in [0.15, 0.2) is 35.3 Å². The predicted octanol–water partition coefficient (Wildman–Crippen LogP) is 3.01. The van der Waals surface area contributed by atoms with Crippen molar-refractivity contribution in [1.29, 1.82) is 0 Å². The van der Waals surface area contributed by atoms with E-state index in [1.54, 1.807) is 12.3 Å². The zero-order chi connectivity index (χ0) is 16.1. The zero-order valence-electron chi connectivity index (χ0n) is 12.1. The Hall–Kier alpha value is -2.86. The number of fused-ring (bicyclic) bond motifs is 2. The quantitative estimate of drug-likeness (QED) is 0.500. The molecule has 0 aliphatic carbocycles. The number of pyridine rings is 2. The molecular weight excluding hydrogens is 314 g/mol. The van der Waals surface area contributed by atoms with E-state index in [9.17, 15) is 4.79 Å². The molecular formula is C16H12ClN5O. The summed E-state index contributed by atoms with van der Waals surface area (Å²) >= 11 is 6.19. The van der Waals surface area contributed by atoms with Crippen molar-refractivity contribution in [3.63, 3.8) is 0 Å². The van der Waals surface area contributed by atoms with Gasteiger partial charge in [-0.2, -0.15) is 5.10 Å². The van der Waals surface area contributed by atoms with Crippen molar-refractivity contribution in [3.8, 4) is 11.1 Å². The van der Waals surface area contributed by atoms with Crippen molar-refractivity contribution in [2.45, 2.75) is 6.92 Å². The molecule has 7 heteroatoms. The molecule has 114 valence electrons. The van der Waals surface area contributed by atoms with Gasteiger partial charge in [-0.25, -0.2) is 4.98 Å². The number of aryl methyl sites for hydroxylation is 1. The molecule has 0 amide bonds. The second kappa shape index (κ2) is 4.82. The fourth-order valence-electron chi connectivity index (χ4n) is 2.80. The van der Waals surface area contributed by atoms with Crippen LogP contribution in [0.4, 0.5) is 5.69 Å². The summed E-state index contributed by atoms with van der Waals surface area (Å²) in [4.78, 5) is 19.3. The van der Waals surface area contributed by atoms with Crippen LogP contribution in [-0.2, 0) is 0 Å². The molecule has 4 rings (SSSR count). The number of aromatic amines is 2. The highest BCUT2D eigenvalue weighted by Crippen LogP contribution is 2.37. The fourth-order valence-corrected chi connectivity index (χ4v) is 3.00. The molecule has 3 aromatic heterocycles. The maximum atomic E-state index is 12.2. The Morgan fingerprint density at radius 3 is 2.83 bits per heavy atom. The van der Waals surface area contributed by atoms with Crippen LogP contribution in [0.1, 0.15) is 5.69 Å². The normalized spacial score (nSPS) is 11.4. The van der Waals surface area contributed by atoms with E-state index in [4.69, 9.17) is 17.3 Å². The van der Waals surface area contributed by atoms with Crippen LogP contribution in [-0.4, -0.2) is 20.2 Å². The van der Waals surface area contributed by atoms with Gasteiger partial charge in [-0.05, 0) is 30.7 Å². The number of nitrogens with zero attached hydrogens (tertiary/aromatic N) is 2. The smallest absolute Gasteiger partial charge is 0.273 e. The zero-order valence-corrected chi connectivity index (χ0v) is 12.9. The van der Waals surface area contributed by atoms with Crippen LogP contribution in [0.3, 0.4) is 0 Å². The first kappa shape index (κ1) is 13.8. The van der Waals surface area contributed by atoms with E-state index in [-0.39, 0.29) is 11.2 Å². The Bertz CT molecular complexity index is 1130. The van der Waals surface area contributed by atoms with E-state index >= 15 is 0 Å². The molecule has 4 N–H and O–H groups in total. The first-order valence-corrected chi connectivity index (χ1v) is 7.35. The van der Waals surface area contributed by atoms with Gasteiger partial charge in [-0.3, -0.25) is 9.89 Å². The Morgan fingerprint density at radius 1 is 1.17 bits per heavy atom. The fraction of sp³-hybridized carbons (Fsp3) is 0.0625. The average Bonchev–Trinajstić information content (AvgIpc) is 3.01. The topological polar surface area (TPSA) is 100 Å². The van der Waals surface area contributed by atoms with Gasteiger partial charge in [0.15, 0.2) is 0 Å². The highest BCUT2D eigenvalue weighted by atomic mass is 35.5. The number of halogens is 1. The van der Waals surface area contributed by atoms with Crippen LogP contribution >= 0.6 is 11.6 Å². The molecule has 1 aromatic carbocycles. The van der Waals surface area contributed by atoms with Gasteiger partial charge in [0.25, 0.3) is 5.56 Å². The van der Waals surface area contributed by atoms with Crippen molar-refractivity contribution in [2.24, 2.45) is 0 Å². The van der Waals surface area contributed by atoms with Crippen LogP contribution in [0.5, 0.6) is 0 Å². The largest absolute Gasteiger partial charge is 0.394 e. The summed E-state index contributed by atoms with van der Waals surface area (Å²) in [5.41, 5.74) is 9.32. The third kappa shape index (κ3) is 1.99. The highest BCUT2D eigenvalue weighted by Gasteiger charge is 2.17. The molecule has 0 radical (unpaired) electrons. The molecule has 0 aliphatic heterocycles. The van der Waals surface area contributed by atoms with Gasteiger partial charge in [0.1, 0.15) is 11.3 Å². The van der Waals surface area contributed by atoms with Gasteiger partial charge in [-0.15, -0.1) is 0 Å². The summed E-state index contributed by atoms with van der Waals surface area (Å²) in [6.07, 6.45) is 1.67. The van der Waals surface area contributed by atoms with Gasteiger partial charge in [0, 0.05) is 22.0 Å². The third-order valence-corrected chi connectivity index (χ3v) is 4.20. The molecule has 0 aliphatic rings. The third-order valence-electron chi connectivity index (χ3n) is 3.88. The summed E-state index contributed by atoms with van der Waals surface area (Å²) < 4.78 is 0. The monoisotopic (exact) mass is 325 g/mol. The summed E-state index contributed by atoms with van der Waals surface area (Å²) in [7, 11) is 0. The minimum absolute atomic E-state index is 0.146. The molecule has 0 spiro atoms. The average molecular weight is 326 g/mol. The van der Waals surface area contributed by atoms with Crippen molar-refractivity contribution >= 4 is 39.2 Å². The number of H-pyrrole nitrogens is 2. The van der Waals surface area contributed by atoms with Gasteiger partial charge in [0.05, 0.1) is 16.7 Å². The first-order chi connectivity index (χ1) is 11.1. The van der Waals surface area contributed by atoms with E-state index in [0.29, 0.717) is 21.7 Å². The molecule has 0 fully saturated rings. The molecule has 6 nitrogen and oxygen atoms in total. The molecule has 0 bridgehead atoms. The molecule has 4 aromatic rings. The molecule has 0 unspecified atom stereocenters. The van der Waals surface area contributed by atoms with Crippen LogP contribution in [0.25, 0.3) is 33.1 Å².